The number of thiazole rings is 1. The third-order valence-electron chi connectivity index (χ3n) is 6.50. The lowest BCUT2D eigenvalue weighted by atomic mass is 9.96. The largest absolute Gasteiger partial charge is 0.368 e. The molecule has 0 aliphatic carbocycles. The topological polar surface area (TPSA) is 45.7 Å². The van der Waals surface area contributed by atoms with Gasteiger partial charge in [0.15, 0.2) is 0 Å². The van der Waals surface area contributed by atoms with Gasteiger partial charge in [0, 0.05) is 37.1 Å². The molecule has 5 nitrogen and oxygen atoms in total. The Morgan fingerprint density at radius 2 is 2.00 bits per heavy atom. The second kappa shape index (κ2) is 7.86. The molecule has 0 radical (unpaired) electrons. The monoisotopic (exact) mass is 431 g/mol. The van der Waals surface area contributed by atoms with E-state index in [1.165, 1.54) is 16.8 Å². The highest BCUT2D eigenvalue weighted by molar-refractivity contribution is 7.10. The van der Waals surface area contributed by atoms with Gasteiger partial charge in [-0.05, 0) is 41.7 Å². The van der Waals surface area contributed by atoms with E-state index in [1.54, 1.807) is 11.3 Å². The van der Waals surface area contributed by atoms with Gasteiger partial charge in [0.2, 0.25) is 5.91 Å². The Hall–Kier alpha value is -2.54. The molecule has 1 aromatic heterocycles. The van der Waals surface area contributed by atoms with Crippen LogP contribution in [0.1, 0.15) is 34.2 Å². The molecule has 4 heterocycles. The average molecular weight is 432 g/mol. The molecule has 0 saturated carbocycles. The fraction of sp³-hybridized carbons (Fsp3) is 0.360. The summed E-state index contributed by atoms with van der Waals surface area (Å²) in [6.45, 7) is 4.34. The van der Waals surface area contributed by atoms with E-state index in [1.807, 2.05) is 4.90 Å². The molecule has 1 unspecified atom stereocenters. The van der Waals surface area contributed by atoms with Crippen LogP contribution in [0.15, 0.2) is 47.8 Å². The van der Waals surface area contributed by atoms with Crippen LogP contribution >= 0.6 is 11.3 Å². The number of aryl methyl sites for hydroxylation is 1. The summed E-state index contributed by atoms with van der Waals surface area (Å²) in [5, 5.41) is 3.18. The Morgan fingerprint density at radius 1 is 1.13 bits per heavy atom. The fourth-order valence-electron chi connectivity index (χ4n) is 5.03. The Bertz CT molecular complexity index is 1130. The van der Waals surface area contributed by atoms with Gasteiger partial charge in [-0.1, -0.05) is 30.3 Å². The molecule has 3 aromatic rings. The van der Waals surface area contributed by atoms with E-state index in [0.717, 1.165) is 67.5 Å². The molecule has 3 aliphatic rings. The number of ether oxygens (including phenoxy) is 1. The van der Waals surface area contributed by atoms with E-state index >= 15 is 0 Å². The van der Waals surface area contributed by atoms with Gasteiger partial charge in [0.1, 0.15) is 11.1 Å². The Kier molecular flexibility index (Phi) is 4.86. The summed E-state index contributed by atoms with van der Waals surface area (Å²) in [7, 11) is 0. The highest BCUT2D eigenvalue weighted by Gasteiger charge is 2.33. The number of morpholine rings is 1. The molecular weight excluding hydrogens is 406 g/mol. The number of carbonyl (C=O) groups excluding carboxylic acids is 1. The van der Waals surface area contributed by atoms with E-state index in [9.17, 15) is 4.79 Å². The van der Waals surface area contributed by atoms with Crippen LogP contribution in [0.3, 0.4) is 0 Å². The summed E-state index contributed by atoms with van der Waals surface area (Å²) in [6.07, 6.45) is 2.61. The molecule has 3 aliphatic heterocycles. The number of amides is 1. The van der Waals surface area contributed by atoms with E-state index in [0.29, 0.717) is 6.42 Å². The van der Waals surface area contributed by atoms with Gasteiger partial charge in [-0.3, -0.25) is 9.69 Å². The third-order valence-corrected chi connectivity index (χ3v) is 7.44. The minimum atomic E-state index is 0.0149. The van der Waals surface area contributed by atoms with Gasteiger partial charge in [0.05, 0.1) is 24.4 Å². The minimum absolute atomic E-state index is 0.0149. The number of nitrogens with zero attached hydrogens (tertiary/aromatic N) is 3. The zero-order valence-electron chi connectivity index (χ0n) is 17.4. The minimum Gasteiger partial charge on any atom is -0.368 e. The standard InChI is InChI=1S/C25H25N3O2S/c29-23-13-20-12-19(11-18-7-4-8-28(23)24(18)20)21-16-31-25(26-21)22-15-27(9-10-30-22)14-17-5-2-1-3-6-17/h1-3,5-6,11-12,16,22H,4,7-10,13-15H2. The van der Waals surface area contributed by atoms with Gasteiger partial charge >= 0.3 is 0 Å². The maximum Gasteiger partial charge on any atom is 0.231 e. The normalized spacial score (nSPS) is 20.8. The second-order valence-electron chi connectivity index (χ2n) is 8.62. The predicted molar refractivity (Wildman–Crippen MR) is 122 cm³/mol. The highest BCUT2D eigenvalue weighted by atomic mass is 32.1. The van der Waals surface area contributed by atoms with Crippen LogP contribution in [-0.4, -0.2) is 42.0 Å². The maximum absolute atomic E-state index is 12.4. The van der Waals surface area contributed by atoms with E-state index in [4.69, 9.17) is 9.72 Å². The first-order chi connectivity index (χ1) is 15.2. The van der Waals surface area contributed by atoms with E-state index in [-0.39, 0.29) is 12.0 Å². The lowest BCUT2D eigenvalue weighted by Gasteiger charge is -2.32. The van der Waals surface area contributed by atoms with E-state index < -0.39 is 0 Å². The van der Waals surface area contributed by atoms with Crippen molar-refractivity contribution in [1.82, 2.24) is 9.88 Å². The maximum atomic E-state index is 12.4. The Balaban J connectivity index is 1.22. The van der Waals surface area contributed by atoms with Gasteiger partial charge in [-0.15, -0.1) is 11.3 Å². The molecule has 1 amide bonds. The number of anilines is 1. The van der Waals surface area contributed by atoms with Gasteiger partial charge in [-0.25, -0.2) is 4.98 Å². The molecule has 0 N–H and O–H groups in total. The number of benzene rings is 2. The first kappa shape index (κ1) is 19.2. The molecule has 1 fully saturated rings. The molecule has 0 bridgehead atoms. The molecule has 1 atom stereocenters. The van der Waals surface area contributed by atoms with Crippen molar-refractivity contribution in [3.05, 3.63) is 69.5 Å². The molecule has 2 aromatic carbocycles. The molecule has 0 spiro atoms. The molecule has 31 heavy (non-hydrogen) atoms. The van der Waals surface area contributed by atoms with Crippen LogP contribution in [0.2, 0.25) is 0 Å². The van der Waals surface area contributed by atoms with Gasteiger partial charge < -0.3 is 9.64 Å². The van der Waals surface area contributed by atoms with Crippen LogP contribution in [0.5, 0.6) is 0 Å². The highest BCUT2D eigenvalue weighted by Crippen LogP contribution is 2.40. The number of carbonyl (C=O) groups is 1. The van der Waals surface area contributed by atoms with Crippen molar-refractivity contribution >= 4 is 22.9 Å². The van der Waals surface area contributed by atoms with Gasteiger partial charge in [0.25, 0.3) is 0 Å². The first-order valence-electron chi connectivity index (χ1n) is 11.0. The summed E-state index contributed by atoms with van der Waals surface area (Å²) < 4.78 is 6.09. The molecule has 6 rings (SSSR count). The summed E-state index contributed by atoms with van der Waals surface area (Å²) in [4.78, 5) is 21.8. The van der Waals surface area contributed by atoms with Crippen LogP contribution < -0.4 is 4.90 Å². The zero-order chi connectivity index (χ0) is 20.8. The van der Waals surface area contributed by atoms with Crippen LogP contribution in [-0.2, 0) is 28.9 Å². The molecule has 1 saturated heterocycles. The summed E-state index contributed by atoms with van der Waals surface area (Å²) in [6, 6.07) is 15.0. The number of hydrogen-bond acceptors (Lipinski definition) is 5. The van der Waals surface area contributed by atoms with E-state index in [2.05, 4.69) is 52.7 Å². The quantitative estimate of drug-likeness (QED) is 0.621. The SMILES string of the molecule is O=C1Cc2cc(-c3csc(C4CN(Cc5ccccc5)CCO4)n3)cc3c2N1CCC3. The van der Waals surface area contributed by atoms with Gasteiger partial charge in [-0.2, -0.15) is 0 Å². The zero-order valence-corrected chi connectivity index (χ0v) is 18.2. The Labute approximate surface area is 186 Å². The van der Waals surface area contributed by atoms with Crippen molar-refractivity contribution in [3.63, 3.8) is 0 Å². The second-order valence-corrected chi connectivity index (χ2v) is 9.51. The van der Waals surface area contributed by atoms with Crippen molar-refractivity contribution in [2.45, 2.75) is 31.9 Å². The van der Waals surface area contributed by atoms with Crippen LogP contribution in [0.25, 0.3) is 11.3 Å². The first-order valence-corrected chi connectivity index (χ1v) is 11.9. The van der Waals surface area contributed by atoms with Crippen molar-refractivity contribution < 1.29 is 9.53 Å². The average Bonchev–Trinajstić information content (AvgIpc) is 3.41. The van der Waals surface area contributed by atoms with Crippen molar-refractivity contribution in [2.24, 2.45) is 0 Å². The lowest BCUT2D eigenvalue weighted by molar-refractivity contribution is -0.117. The number of rotatable bonds is 4. The van der Waals surface area contributed by atoms with Crippen molar-refractivity contribution in [3.8, 4) is 11.3 Å². The molecule has 6 heteroatoms. The Morgan fingerprint density at radius 3 is 2.90 bits per heavy atom. The summed E-state index contributed by atoms with van der Waals surface area (Å²) in [5.41, 5.74) is 7.09. The molecular formula is C25H25N3O2S. The fourth-order valence-corrected chi connectivity index (χ4v) is 5.90. The number of hydrogen-bond donors (Lipinski definition) is 0. The molecule has 158 valence electrons. The predicted octanol–water partition coefficient (Wildman–Crippen LogP) is 4.22. The van der Waals surface area contributed by atoms with Crippen LogP contribution in [0, 0.1) is 0 Å². The smallest absolute Gasteiger partial charge is 0.231 e. The van der Waals surface area contributed by atoms with Crippen molar-refractivity contribution in [1.29, 1.82) is 0 Å². The van der Waals surface area contributed by atoms with Crippen LogP contribution in [0.4, 0.5) is 5.69 Å². The summed E-state index contributed by atoms with van der Waals surface area (Å²) in [5.74, 6) is 0.237. The van der Waals surface area contributed by atoms with Crippen molar-refractivity contribution in [2.75, 3.05) is 31.1 Å². The number of aromatic nitrogens is 1. The lowest BCUT2D eigenvalue weighted by Crippen LogP contribution is -2.37. The third kappa shape index (κ3) is 3.59. The summed E-state index contributed by atoms with van der Waals surface area (Å²) >= 11 is 1.68.